The summed E-state index contributed by atoms with van der Waals surface area (Å²) < 4.78 is 10.7. The summed E-state index contributed by atoms with van der Waals surface area (Å²) in [6.45, 7) is 5.46. The van der Waals surface area contributed by atoms with Gasteiger partial charge in [0, 0.05) is 24.2 Å². The molecule has 10 heteroatoms. The summed E-state index contributed by atoms with van der Waals surface area (Å²) >= 11 is 6.62. The minimum Gasteiger partial charge on any atom is -0.494 e. The van der Waals surface area contributed by atoms with E-state index >= 15 is 0 Å². The number of benzene rings is 1. The van der Waals surface area contributed by atoms with Crippen LogP contribution >= 0.6 is 23.6 Å². The third-order valence-corrected chi connectivity index (χ3v) is 4.82. The Morgan fingerprint density at radius 2 is 2.04 bits per heavy atom. The van der Waals surface area contributed by atoms with Crippen molar-refractivity contribution in [1.82, 2.24) is 15.8 Å². The second-order valence-electron chi connectivity index (χ2n) is 5.61. The number of aromatic nitrogens is 1. The van der Waals surface area contributed by atoms with Gasteiger partial charge in [-0.25, -0.2) is 4.98 Å². The summed E-state index contributed by atoms with van der Waals surface area (Å²) in [6, 6.07) is 7.37. The number of nitrogens with one attached hydrogen (secondary N) is 3. The van der Waals surface area contributed by atoms with Crippen LogP contribution in [0, 0.1) is 0 Å². The molecule has 0 saturated carbocycles. The number of nitrogens with zero attached hydrogens (tertiary/aromatic N) is 2. The molecule has 144 valence electrons. The predicted molar refractivity (Wildman–Crippen MR) is 110 cm³/mol. The first-order valence-corrected chi connectivity index (χ1v) is 9.83. The SMILES string of the molecule is CCOc1ccc(NC(=S)NNC(=O)c2csc(N3CCOCC3)n2)cc1. The van der Waals surface area contributed by atoms with Gasteiger partial charge < -0.3 is 19.7 Å². The van der Waals surface area contributed by atoms with E-state index < -0.39 is 0 Å². The van der Waals surface area contributed by atoms with E-state index in [1.807, 2.05) is 31.2 Å². The average Bonchev–Trinajstić information content (AvgIpc) is 3.19. The molecule has 0 unspecified atom stereocenters. The lowest BCUT2D eigenvalue weighted by molar-refractivity contribution is 0.0940. The molecule has 1 aromatic carbocycles. The molecule has 0 bridgehead atoms. The van der Waals surface area contributed by atoms with Gasteiger partial charge in [-0.05, 0) is 43.4 Å². The fourth-order valence-electron chi connectivity index (χ4n) is 2.41. The van der Waals surface area contributed by atoms with E-state index in [0.29, 0.717) is 25.5 Å². The fourth-order valence-corrected chi connectivity index (χ4v) is 3.44. The molecule has 1 saturated heterocycles. The number of rotatable bonds is 5. The minimum atomic E-state index is -0.346. The van der Waals surface area contributed by atoms with Crippen molar-refractivity contribution in [3.8, 4) is 5.75 Å². The number of anilines is 2. The van der Waals surface area contributed by atoms with Gasteiger partial charge in [0.15, 0.2) is 10.2 Å². The molecule has 3 rings (SSSR count). The van der Waals surface area contributed by atoms with E-state index in [-0.39, 0.29) is 11.0 Å². The first kappa shape index (κ1) is 19.3. The number of carbonyl (C=O) groups excluding carboxylic acids is 1. The Labute approximate surface area is 166 Å². The average molecular weight is 408 g/mol. The second-order valence-corrected chi connectivity index (χ2v) is 6.85. The first-order chi connectivity index (χ1) is 13.2. The van der Waals surface area contributed by atoms with E-state index in [1.165, 1.54) is 11.3 Å². The van der Waals surface area contributed by atoms with Gasteiger partial charge in [0.25, 0.3) is 5.91 Å². The Bertz CT molecular complexity index is 775. The molecule has 0 radical (unpaired) electrons. The molecule has 1 amide bonds. The Hall–Kier alpha value is -2.43. The van der Waals surface area contributed by atoms with Crippen molar-refractivity contribution in [3.63, 3.8) is 0 Å². The third-order valence-electron chi connectivity index (χ3n) is 3.72. The highest BCUT2D eigenvalue weighted by molar-refractivity contribution is 7.80. The van der Waals surface area contributed by atoms with Crippen LogP contribution in [-0.4, -0.2) is 48.9 Å². The number of ether oxygens (including phenoxy) is 2. The molecule has 1 aliphatic heterocycles. The second kappa shape index (κ2) is 9.49. The van der Waals surface area contributed by atoms with Crippen molar-refractivity contribution in [2.75, 3.05) is 43.1 Å². The van der Waals surface area contributed by atoms with Crippen LogP contribution in [0.5, 0.6) is 5.75 Å². The van der Waals surface area contributed by atoms with Gasteiger partial charge in [0.1, 0.15) is 11.4 Å². The van der Waals surface area contributed by atoms with E-state index in [4.69, 9.17) is 21.7 Å². The van der Waals surface area contributed by atoms with Crippen LogP contribution in [0.2, 0.25) is 0 Å². The highest BCUT2D eigenvalue weighted by atomic mass is 32.1. The normalized spacial score (nSPS) is 13.7. The number of morpholine rings is 1. The molecule has 0 spiro atoms. The molecule has 2 aromatic rings. The fraction of sp³-hybridized carbons (Fsp3) is 0.353. The molecule has 1 aromatic heterocycles. The molecule has 1 fully saturated rings. The Morgan fingerprint density at radius 1 is 1.30 bits per heavy atom. The van der Waals surface area contributed by atoms with Crippen LogP contribution in [0.15, 0.2) is 29.6 Å². The molecule has 0 aliphatic carbocycles. The summed E-state index contributed by atoms with van der Waals surface area (Å²) in [4.78, 5) is 18.7. The number of thiocarbonyl (C=S) groups is 1. The van der Waals surface area contributed by atoms with Crippen molar-refractivity contribution in [3.05, 3.63) is 35.3 Å². The summed E-state index contributed by atoms with van der Waals surface area (Å²) in [5, 5.41) is 5.80. The smallest absolute Gasteiger partial charge is 0.289 e. The van der Waals surface area contributed by atoms with Gasteiger partial charge in [-0.15, -0.1) is 11.3 Å². The molecule has 8 nitrogen and oxygen atoms in total. The van der Waals surface area contributed by atoms with Crippen molar-refractivity contribution in [2.24, 2.45) is 0 Å². The summed E-state index contributed by atoms with van der Waals surface area (Å²) in [5.74, 6) is 0.441. The van der Waals surface area contributed by atoms with Crippen LogP contribution < -0.4 is 25.8 Å². The molecule has 2 heterocycles. The number of hydrogen-bond donors (Lipinski definition) is 3. The van der Waals surface area contributed by atoms with E-state index in [0.717, 1.165) is 29.7 Å². The molecule has 1 aliphatic rings. The summed E-state index contributed by atoms with van der Waals surface area (Å²) in [6.07, 6.45) is 0. The van der Waals surface area contributed by atoms with Crippen LogP contribution in [-0.2, 0) is 4.74 Å². The number of carbonyl (C=O) groups is 1. The quantitative estimate of drug-likeness (QED) is 0.513. The molecular weight excluding hydrogens is 386 g/mol. The standard InChI is InChI=1S/C17H21N5O3S2/c1-2-25-13-5-3-12(4-6-13)18-16(26)21-20-15(23)14-11-27-17(19-14)22-7-9-24-10-8-22/h3-6,11H,2,7-10H2,1H3,(H,20,23)(H2,18,21,26). The maximum atomic E-state index is 12.2. The summed E-state index contributed by atoms with van der Waals surface area (Å²) in [7, 11) is 0. The van der Waals surface area contributed by atoms with Gasteiger partial charge in [0.05, 0.1) is 19.8 Å². The van der Waals surface area contributed by atoms with Gasteiger partial charge in [0.2, 0.25) is 0 Å². The lowest BCUT2D eigenvalue weighted by Crippen LogP contribution is -2.44. The van der Waals surface area contributed by atoms with E-state index in [2.05, 4.69) is 26.1 Å². The minimum absolute atomic E-state index is 0.274. The molecule has 27 heavy (non-hydrogen) atoms. The number of thiazole rings is 1. The first-order valence-electron chi connectivity index (χ1n) is 8.54. The van der Waals surface area contributed by atoms with Crippen molar-refractivity contribution in [1.29, 1.82) is 0 Å². The topological polar surface area (TPSA) is 87.8 Å². The monoisotopic (exact) mass is 407 g/mol. The van der Waals surface area contributed by atoms with E-state index in [1.54, 1.807) is 5.38 Å². The van der Waals surface area contributed by atoms with Gasteiger partial charge in [-0.1, -0.05) is 0 Å². The van der Waals surface area contributed by atoms with Gasteiger partial charge >= 0.3 is 0 Å². The zero-order valence-corrected chi connectivity index (χ0v) is 16.5. The Morgan fingerprint density at radius 3 is 2.74 bits per heavy atom. The number of hydrazine groups is 1. The lowest BCUT2D eigenvalue weighted by Gasteiger charge is -2.25. The van der Waals surface area contributed by atoms with Gasteiger partial charge in [-0.2, -0.15) is 0 Å². The van der Waals surface area contributed by atoms with Crippen LogP contribution in [0.3, 0.4) is 0 Å². The van der Waals surface area contributed by atoms with Crippen LogP contribution in [0.1, 0.15) is 17.4 Å². The molecule has 3 N–H and O–H groups in total. The van der Waals surface area contributed by atoms with Crippen LogP contribution in [0.25, 0.3) is 0 Å². The predicted octanol–water partition coefficient (Wildman–Crippen LogP) is 2.01. The largest absolute Gasteiger partial charge is 0.494 e. The zero-order chi connectivity index (χ0) is 19.1. The molecule has 0 atom stereocenters. The van der Waals surface area contributed by atoms with Gasteiger partial charge in [-0.3, -0.25) is 15.6 Å². The van der Waals surface area contributed by atoms with Crippen molar-refractivity contribution < 1.29 is 14.3 Å². The number of hydrogen-bond acceptors (Lipinski definition) is 7. The van der Waals surface area contributed by atoms with Crippen LogP contribution in [0.4, 0.5) is 10.8 Å². The van der Waals surface area contributed by atoms with Crippen molar-refractivity contribution >= 4 is 45.4 Å². The maximum Gasteiger partial charge on any atom is 0.289 e. The highest BCUT2D eigenvalue weighted by Crippen LogP contribution is 2.21. The van der Waals surface area contributed by atoms with Crippen molar-refractivity contribution in [2.45, 2.75) is 6.92 Å². The Balaban J connectivity index is 1.47. The third kappa shape index (κ3) is 5.52. The lowest BCUT2D eigenvalue weighted by atomic mass is 10.3. The zero-order valence-electron chi connectivity index (χ0n) is 14.9. The molecular formula is C17H21N5O3S2. The Kier molecular flexibility index (Phi) is 6.80. The summed E-state index contributed by atoms with van der Waals surface area (Å²) in [5.41, 5.74) is 6.36. The highest BCUT2D eigenvalue weighted by Gasteiger charge is 2.17. The maximum absolute atomic E-state index is 12.2. The van der Waals surface area contributed by atoms with E-state index in [9.17, 15) is 4.79 Å². The number of amides is 1.